The maximum Gasteiger partial charge on any atom is 0.471 e. The van der Waals surface area contributed by atoms with Crippen molar-refractivity contribution in [3.05, 3.63) is 0 Å². The number of halogens is 5. The van der Waals surface area contributed by atoms with Gasteiger partial charge in [0.05, 0.1) is 0 Å². The van der Waals surface area contributed by atoms with Crippen LogP contribution in [-0.4, -0.2) is 46.6 Å². The fraction of sp³-hybridized carbons (Fsp3) is 0.750. The number of rotatable bonds is 2. The van der Waals surface area contributed by atoms with E-state index in [1.54, 1.807) is 0 Å². The molecule has 0 radical (unpaired) electrons. The molecule has 17 heavy (non-hydrogen) atoms. The Balaban J connectivity index is 2.97. The largest absolute Gasteiger partial charge is 0.479 e. The summed E-state index contributed by atoms with van der Waals surface area (Å²) in [6.07, 6.45) is -7.91. The number of aliphatic carboxylic acids is 1. The standard InChI is InChI=1S/C8H8F5NO3/c1-14(4(15)8(11,12)13)6(5(16)17)2-7(9,10)3-6/h2-3H2,1H3,(H,16,17). The first-order valence-electron chi connectivity index (χ1n) is 4.39. The van der Waals surface area contributed by atoms with Crippen molar-refractivity contribution in [1.82, 2.24) is 4.90 Å². The minimum Gasteiger partial charge on any atom is -0.479 e. The number of alkyl halides is 5. The van der Waals surface area contributed by atoms with Crippen LogP contribution < -0.4 is 0 Å². The van der Waals surface area contributed by atoms with E-state index in [1.165, 1.54) is 0 Å². The maximum absolute atomic E-state index is 12.6. The van der Waals surface area contributed by atoms with E-state index in [9.17, 15) is 31.5 Å². The molecule has 0 aromatic rings. The topological polar surface area (TPSA) is 57.6 Å². The van der Waals surface area contributed by atoms with Gasteiger partial charge in [-0.25, -0.2) is 13.6 Å². The lowest BCUT2D eigenvalue weighted by atomic mass is 9.72. The van der Waals surface area contributed by atoms with Crippen molar-refractivity contribution >= 4 is 11.9 Å². The van der Waals surface area contributed by atoms with Gasteiger partial charge in [0, 0.05) is 19.9 Å². The molecule has 0 aliphatic heterocycles. The average Bonchev–Trinajstić information content (AvgIpc) is 2.09. The highest BCUT2D eigenvalue weighted by Crippen LogP contribution is 2.49. The highest BCUT2D eigenvalue weighted by atomic mass is 19.4. The predicted octanol–water partition coefficient (Wildman–Crippen LogP) is 1.26. The van der Waals surface area contributed by atoms with E-state index in [0.29, 0.717) is 7.05 Å². The Hall–Kier alpha value is -1.41. The van der Waals surface area contributed by atoms with Crippen molar-refractivity contribution in [3.63, 3.8) is 0 Å². The van der Waals surface area contributed by atoms with Gasteiger partial charge in [0.15, 0.2) is 5.54 Å². The Morgan fingerprint density at radius 1 is 1.24 bits per heavy atom. The molecule has 0 saturated heterocycles. The van der Waals surface area contributed by atoms with Crippen molar-refractivity contribution < 1.29 is 36.6 Å². The molecule has 0 aromatic heterocycles. The molecule has 9 heteroatoms. The highest BCUT2D eigenvalue weighted by Gasteiger charge is 2.66. The van der Waals surface area contributed by atoms with Crippen LogP contribution >= 0.6 is 0 Å². The van der Waals surface area contributed by atoms with Crippen LogP contribution in [0.1, 0.15) is 12.8 Å². The van der Waals surface area contributed by atoms with Crippen molar-refractivity contribution in [3.8, 4) is 0 Å². The molecule has 0 heterocycles. The van der Waals surface area contributed by atoms with E-state index in [0.717, 1.165) is 0 Å². The van der Waals surface area contributed by atoms with Gasteiger partial charge >= 0.3 is 18.1 Å². The van der Waals surface area contributed by atoms with E-state index in [2.05, 4.69) is 0 Å². The number of hydrogen-bond donors (Lipinski definition) is 1. The highest BCUT2D eigenvalue weighted by molar-refractivity contribution is 5.90. The number of amides is 1. The Labute approximate surface area is 92.0 Å². The Bertz CT molecular complexity index is 357. The van der Waals surface area contributed by atoms with Gasteiger partial charge in [-0.15, -0.1) is 0 Å². The van der Waals surface area contributed by atoms with Crippen LogP contribution in [-0.2, 0) is 9.59 Å². The van der Waals surface area contributed by atoms with E-state index in [4.69, 9.17) is 5.11 Å². The van der Waals surface area contributed by atoms with Crippen LogP contribution in [0.15, 0.2) is 0 Å². The molecule has 1 aliphatic carbocycles. The van der Waals surface area contributed by atoms with E-state index in [-0.39, 0.29) is 4.90 Å². The fourth-order valence-corrected chi connectivity index (χ4v) is 1.72. The zero-order valence-electron chi connectivity index (χ0n) is 8.51. The van der Waals surface area contributed by atoms with Gasteiger partial charge in [-0.05, 0) is 0 Å². The number of carboxylic acid groups (broad SMARTS) is 1. The summed E-state index contributed by atoms with van der Waals surface area (Å²) in [5, 5.41) is 8.71. The molecule has 0 atom stereocenters. The lowest BCUT2D eigenvalue weighted by Crippen LogP contribution is -2.68. The smallest absolute Gasteiger partial charge is 0.471 e. The molecule has 0 spiro atoms. The van der Waals surface area contributed by atoms with Crippen molar-refractivity contribution in [2.24, 2.45) is 0 Å². The van der Waals surface area contributed by atoms with Crippen molar-refractivity contribution in [2.45, 2.75) is 30.5 Å². The molecule has 0 bridgehead atoms. The normalized spacial score (nSPS) is 21.5. The monoisotopic (exact) mass is 261 g/mol. The molecule has 1 rings (SSSR count). The van der Waals surface area contributed by atoms with Crippen molar-refractivity contribution in [2.75, 3.05) is 7.05 Å². The summed E-state index contributed by atoms with van der Waals surface area (Å²) >= 11 is 0. The van der Waals surface area contributed by atoms with Crippen LogP contribution in [0.3, 0.4) is 0 Å². The van der Waals surface area contributed by atoms with Gasteiger partial charge in [0.25, 0.3) is 5.92 Å². The van der Waals surface area contributed by atoms with E-state index < -0.39 is 42.4 Å². The molecular weight excluding hydrogens is 253 g/mol. The number of likely N-dealkylation sites (N-methyl/N-ethyl adjacent to an activating group) is 1. The third-order valence-electron chi connectivity index (χ3n) is 2.69. The second kappa shape index (κ2) is 3.54. The van der Waals surface area contributed by atoms with Gasteiger partial charge < -0.3 is 10.0 Å². The molecule has 98 valence electrons. The van der Waals surface area contributed by atoms with Crippen LogP contribution in [0.2, 0.25) is 0 Å². The minimum atomic E-state index is -5.29. The Kier molecular flexibility index (Phi) is 2.84. The van der Waals surface area contributed by atoms with Gasteiger partial charge in [-0.3, -0.25) is 4.79 Å². The van der Waals surface area contributed by atoms with Gasteiger partial charge in [-0.2, -0.15) is 13.2 Å². The van der Waals surface area contributed by atoms with Crippen molar-refractivity contribution in [1.29, 1.82) is 0 Å². The summed E-state index contributed by atoms with van der Waals surface area (Å²) in [7, 11) is 0.555. The number of carbonyl (C=O) groups is 2. The van der Waals surface area contributed by atoms with Crippen LogP contribution in [0, 0.1) is 0 Å². The lowest BCUT2D eigenvalue weighted by Gasteiger charge is -2.49. The first-order chi connectivity index (χ1) is 7.42. The van der Waals surface area contributed by atoms with Gasteiger partial charge in [0.2, 0.25) is 0 Å². The summed E-state index contributed by atoms with van der Waals surface area (Å²) in [6, 6.07) is 0. The summed E-state index contributed by atoms with van der Waals surface area (Å²) in [5.74, 6) is -7.68. The molecule has 1 amide bonds. The molecule has 1 saturated carbocycles. The first kappa shape index (κ1) is 13.7. The Morgan fingerprint density at radius 3 is 1.88 bits per heavy atom. The average molecular weight is 261 g/mol. The fourth-order valence-electron chi connectivity index (χ4n) is 1.72. The van der Waals surface area contributed by atoms with Gasteiger partial charge in [-0.1, -0.05) is 0 Å². The summed E-state index contributed by atoms with van der Waals surface area (Å²) in [4.78, 5) is 21.4. The Morgan fingerprint density at radius 2 is 1.65 bits per heavy atom. The first-order valence-corrected chi connectivity index (χ1v) is 4.39. The number of carboxylic acids is 1. The lowest BCUT2D eigenvalue weighted by molar-refractivity contribution is -0.219. The zero-order chi connectivity index (χ0) is 13.6. The second-order valence-corrected chi connectivity index (χ2v) is 3.91. The SMILES string of the molecule is CN(C(=O)C(F)(F)F)C1(C(=O)O)CC(F)(F)C1. The molecular formula is C8H8F5NO3. The van der Waals surface area contributed by atoms with Crippen LogP contribution in [0.25, 0.3) is 0 Å². The predicted molar refractivity (Wildman–Crippen MR) is 43.4 cm³/mol. The molecule has 1 fully saturated rings. The van der Waals surface area contributed by atoms with Crippen LogP contribution in [0.5, 0.6) is 0 Å². The molecule has 0 unspecified atom stereocenters. The number of hydrogen-bond acceptors (Lipinski definition) is 2. The number of carbonyl (C=O) groups excluding carboxylic acids is 1. The molecule has 1 N–H and O–H groups in total. The molecule has 0 aromatic carbocycles. The third-order valence-corrected chi connectivity index (χ3v) is 2.69. The van der Waals surface area contributed by atoms with E-state index in [1.807, 2.05) is 0 Å². The van der Waals surface area contributed by atoms with Gasteiger partial charge in [0.1, 0.15) is 0 Å². The maximum atomic E-state index is 12.6. The quantitative estimate of drug-likeness (QED) is 0.761. The van der Waals surface area contributed by atoms with Crippen LogP contribution in [0.4, 0.5) is 22.0 Å². The second-order valence-electron chi connectivity index (χ2n) is 3.91. The summed E-state index contributed by atoms with van der Waals surface area (Å²) in [6.45, 7) is 0. The minimum absolute atomic E-state index is 0.174. The molecule has 4 nitrogen and oxygen atoms in total. The summed E-state index contributed by atoms with van der Waals surface area (Å²) < 4.78 is 61.5. The molecule has 1 aliphatic rings. The number of nitrogens with zero attached hydrogens (tertiary/aromatic N) is 1. The zero-order valence-corrected chi connectivity index (χ0v) is 8.51. The third kappa shape index (κ3) is 2.18. The summed E-state index contributed by atoms with van der Waals surface area (Å²) in [5.41, 5.74) is -2.48. The van der Waals surface area contributed by atoms with E-state index >= 15 is 0 Å².